The zero-order chi connectivity index (χ0) is 14.5. The largest absolute Gasteiger partial charge is 0.497 e. The zero-order valence-electron chi connectivity index (χ0n) is 10.2. The Morgan fingerprint density at radius 3 is 2.53 bits per heavy atom. The van der Waals surface area contributed by atoms with Gasteiger partial charge in [0.25, 0.3) is 0 Å². The average Bonchev–Trinajstić information content (AvgIpc) is 2.33. The van der Waals surface area contributed by atoms with Crippen molar-refractivity contribution in [3.05, 3.63) is 29.6 Å². The molecule has 1 rings (SSSR count). The minimum absolute atomic E-state index is 0.00333. The van der Waals surface area contributed by atoms with Crippen LogP contribution in [0.5, 0.6) is 5.75 Å². The van der Waals surface area contributed by atoms with Gasteiger partial charge in [0.1, 0.15) is 18.2 Å². The first-order valence-electron chi connectivity index (χ1n) is 5.49. The van der Waals surface area contributed by atoms with Gasteiger partial charge in [-0.25, -0.2) is 4.39 Å². The summed E-state index contributed by atoms with van der Waals surface area (Å²) in [4.78, 5) is 0. The number of ether oxygens (including phenoxy) is 2. The third-order valence-electron chi connectivity index (χ3n) is 2.37. The van der Waals surface area contributed by atoms with Gasteiger partial charge in [0.15, 0.2) is 0 Å². The van der Waals surface area contributed by atoms with Crippen LogP contribution in [0.4, 0.5) is 17.6 Å². The molecule has 108 valence electrons. The molecule has 19 heavy (non-hydrogen) atoms. The minimum Gasteiger partial charge on any atom is -0.497 e. The van der Waals surface area contributed by atoms with Gasteiger partial charge in [-0.15, -0.1) is 0 Å². The molecule has 0 saturated heterocycles. The fraction of sp³-hybridized carbons (Fsp3) is 0.500. The molecule has 0 heterocycles. The van der Waals surface area contributed by atoms with Crippen LogP contribution >= 0.6 is 0 Å². The van der Waals surface area contributed by atoms with E-state index in [0.29, 0.717) is 5.75 Å². The van der Waals surface area contributed by atoms with E-state index in [1.807, 2.05) is 0 Å². The van der Waals surface area contributed by atoms with Crippen LogP contribution in [0.3, 0.4) is 0 Å². The molecule has 0 saturated carbocycles. The number of hydrogen-bond acceptors (Lipinski definition) is 3. The standard InChI is InChI=1S/C12H14F4O3/c1-18-8-2-3-9(10(13)6-8)11(17)4-5-19-7-12(14,15)16/h2-3,6,11,17H,4-5,7H2,1H3. The van der Waals surface area contributed by atoms with Crippen LogP contribution in [0.1, 0.15) is 18.1 Å². The Morgan fingerprint density at radius 2 is 2.00 bits per heavy atom. The molecule has 0 aliphatic rings. The molecule has 0 aromatic heterocycles. The normalized spacial score (nSPS) is 13.4. The second kappa shape index (κ2) is 6.72. The summed E-state index contributed by atoms with van der Waals surface area (Å²) in [6.07, 6.45) is -5.76. The van der Waals surface area contributed by atoms with Crippen molar-refractivity contribution in [2.45, 2.75) is 18.7 Å². The van der Waals surface area contributed by atoms with Crippen LogP contribution < -0.4 is 4.74 Å². The summed E-state index contributed by atoms with van der Waals surface area (Å²) in [5, 5.41) is 9.65. The average molecular weight is 282 g/mol. The SMILES string of the molecule is COc1ccc(C(O)CCOCC(F)(F)F)c(F)c1. The van der Waals surface area contributed by atoms with Gasteiger partial charge in [0.2, 0.25) is 0 Å². The Hall–Kier alpha value is -1.34. The Morgan fingerprint density at radius 1 is 1.32 bits per heavy atom. The smallest absolute Gasteiger partial charge is 0.411 e. The number of hydrogen-bond donors (Lipinski definition) is 1. The lowest BCUT2D eigenvalue weighted by Crippen LogP contribution is -2.18. The predicted octanol–water partition coefficient (Wildman–Crippen LogP) is 2.84. The molecule has 0 bridgehead atoms. The third-order valence-corrected chi connectivity index (χ3v) is 2.37. The maximum atomic E-state index is 13.5. The van der Waals surface area contributed by atoms with Crippen molar-refractivity contribution in [1.82, 2.24) is 0 Å². The van der Waals surface area contributed by atoms with Crippen molar-refractivity contribution in [3.63, 3.8) is 0 Å². The quantitative estimate of drug-likeness (QED) is 0.644. The number of aliphatic hydroxyl groups excluding tert-OH is 1. The van der Waals surface area contributed by atoms with Crippen LogP contribution in [-0.2, 0) is 4.74 Å². The molecule has 0 aliphatic heterocycles. The molecule has 0 aliphatic carbocycles. The zero-order valence-corrected chi connectivity index (χ0v) is 10.2. The maximum Gasteiger partial charge on any atom is 0.411 e. The van der Waals surface area contributed by atoms with Crippen LogP contribution in [0.2, 0.25) is 0 Å². The van der Waals surface area contributed by atoms with E-state index in [-0.39, 0.29) is 18.6 Å². The first-order chi connectivity index (χ1) is 8.83. The topological polar surface area (TPSA) is 38.7 Å². The number of benzene rings is 1. The summed E-state index contributed by atoms with van der Waals surface area (Å²) in [5.41, 5.74) is -0.00333. The molecule has 1 aromatic rings. The molecule has 0 amide bonds. The second-order valence-electron chi connectivity index (χ2n) is 3.86. The Balaban J connectivity index is 2.47. The van der Waals surface area contributed by atoms with Crippen molar-refractivity contribution in [2.75, 3.05) is 20.3 Å². The molecular weight excluding hydrogens is 268 g/mol. The van der Waals surface area contributed by atoms with Gasteiger partial charge in [0.05, 0.1) is 13.2 Å². The molecule has 0 radical (unpaired) electrons. The fourth-order valence-electron chi connectivity index (χ4n) is 1.44. The highest BCUT2D eigenvalue weighted by Gasteiger charge is 2.27. The highest BCUT2D eigenvalue weighted by Crippen LogP contribution is 2.24. The van der Waals surface area contributed by atoms with E-state index < -0.39 is 24.7 Å². The van der Waals surface area contributed by atoms with Gasteiger partial charge >= 0.3 is 6.18 Å². The van der Waals surface area contributed by atoms with Crippen molar-refractivity contribution in [1.29, 1.82) is 0 Å². The molecule has 1 atom stereocenters. The van der Waals surface area contributed by atoms with Crippen molar-refractivity contribution in [2.24, 2.45) is 0 Å². The predicted molar refractivity (Wildman–Crippen MR) is 59.4 cm³/mol. The Labute approximate surface area is 107 Å². The first kappa shape index (κ1) is 15.7. The number of rotatable bonds is 6. The second-order valence-corrected chi connectivity index (χ2v) is 3.86. The van der Waals surface area contributed by atoms with E-state index in [4.69, 9.17) is 4.74 Å². The van der Waals surface area contributed by atoms with Gasteiger partial charge in [-0.05, 0) is 12.1 Å². The summed E-state index contributed by atoms with van der Waals surface area (Å²) in [6.45, 7) is -1.70. The maximum absolute atomic E-state index is 13.5. The highest BCUT2D eigenvalue weighted by atomic mass is 19.4. The van der Waals surface area contributed by atoms with Crippen LogP contribution in [0.15, 0.2) is 18.2 Å². The number of methoxy groups -OCH3 is 1. The van der Waals surface area contributed by atoms with Gasteiger partial charge < -0.3 is 14.6 Å². The first-order valence-corrected chi connectivity index (χ1v) is 5.49. The fourth-order valence-corrected chi connectivity index (χ4v) is 1.44. The van der Waals surface area contributed by atoms with Gasteiger partial charge in [-0.1, -0.05) is 0 Å². The van der Waals surface area contributed by atoms with E-state index >= 15 is 0 Å². The summed E-state index contributed by atoms with van der Waals surface area (Å²) in [5.74, 6) is -0.385. The van der Waals surface area contributed by atoms with Gasteiger partial charge in [0, 0.05) is 24.7 Å². The lowest BCUT2D eigenvalue weighted by atomic mass is 10.1. The van der Waals surface area contributed by atoms with Crippen LogP contribution in [-0.4, -0.2) is 31.6 Å². The van der Waals surface area contributed by atoms with E-state index in [9.17, 15) is 22.7 Å². The van der Waals surface area contributed by atoms with Crippen molar-refractivity contribution in [3.8, 4) is 5.75 Å². The summed E-state index contributed by atoms with van der Waals surface area (Å²) < 4.78 is 58.0. The number of aliphatic hydroxyl groups is 1. The molecule has 3 nitrogen and oxygen atoms in total. The highest BCUT2D eigenvalue weighted by molar-refractivity contribution is 5.30. The molecule has 0 spiro atoms. The Kier molecular flexibility index (Phi) is 5.56. The summed E-state index contributed by atoms with van der Waals surface area (Å²) in [7, 11) is 1.37. The number of alkyl halides is 3. The van der Waals surface area contributed by atoms with Crippen LogP contribution in [0, 0.1) is 5.82 Å². The molecular formula is C12H14F4O3. The minimum atomic E-state index is -4.41. The monoisotopic (exact) mass is 282 g/mol. The molecule has 7 heteroatoms. The molecule has 0 fully saturated rings. The van der Waals surface area contributed by atoms with Gasteiger partial charge in [-0.3, -0.25) is 0 Å². The van der Waals surface area contributed by atoms with E-state index in [1.54, 1.807) is 0 Å². The lowest BCUT2D eigenvalue weighted by molar-refractivity contribution is -0.175. The summed E-state index contributed by atoms with van der Waals surface area (Å²) >= 11 is 0. The van der Waals surface area contributed by atoms with Crippen LogP contribution in [0.25, 0.3) is 0 Å². The van der Waals surface area contributed by atoms with E-state index in [1.165, 1.54) is 19.2 Å². The lowest BCUT2D eigenvalue weighted by Gasteiger charge is -2.13. The molecule has 1 aromatic carbocycles. The summed E-state index contributed by atoms with van der Waals surface area (Å²) in [6, 6.07) is 3.87. The third kappa shape index (κ3) is 5.44. The molecule has 1 N–H and O–H groups in total. The number of halogens is 4. The van der Waals surface area contributed by atoms with E-state index in [2.05, 4.69) is 4.74 Å². The van der Waals surface area contributed by atoms with Gasteiger partial charge in [-0.2, -0.15) is 13.2 Å². The van der Waals surface area contributed by atoms with Crippen molar-refractivity contribution < 1.29 is 32.1 Å². The van der Waals surface area contributed by atoms with E-state index in [0.717, 1.165) is 6.07 Å². The van der Waals surface area contributed by atoms with Crippen molar-refractivity contribution >= 4 is 0 Å². The Bertz CT molecular complexity index is 406. The molecule has 1 unspecified atom stereocenters.